The van der Waals surface area contributed by atoms with E-state index in [1.54, 1.807) is 17.9 Å². The van der Waals surface area contributed by atoms with Gasteiger partial charge in [-0.15, -0.1) is 0 Å². The Hall–Kier alpha value is -1.85. The monoisotopic (exact) mass is 266 g/mol. The molecule has 0 saturated carbocycles. The summed E-state index contributed by atoms with van der Waals surface area (Å²) in [5.74, 6) is -0.774. The van der Waals surface area contributed by atoms with Gasteiger partial charge >= 0.3 is 5.97 Å². The van der Waals surface area contributed by atoms with Crippen LogP contribution in [0.5, 0.6) is 0 Å². The predicted molar refractivity (Wildman–Crippen MR) is 66.8 cm³/mol. The van der Waals surface area contributed by atoms with E-state index in [9.17, 15) is 9.59 Å². The topological polar surface area (TPSA) is 83.6 Å². The number of nitrogens with zero attached hydrogens (tertiary/aromatic N) is 2. The average molecular weight is 266 g/mol. The summed E-state index contributed by atoms with van der Waals surface area (Å²) in [4.78, 5) is 24.7. The molecule has 1 aliphatic rings. The second-order valence-corrected chi connectivity index (χ2v) is 4.91. The molecule has 1 aliphatic heterocycles. The number of hydrogen-bond acceptors (Lipinski definition) is 4. The lowest BCUT2D eigenvalue weighted by atomic mass is 9.97. The third-order valence-corrected chi connectivity index (χ3v) is 3.42. The van der Waals surface area contributed by atoms with Crippen molar-refractivity contribution in [2.45, 2.75) is 45.1 Å². The molecule has 0 unspecified atom stereocenters. The van der Waals surface area contributed by atoms with Crippen molar-refractivity contribution in [3.8, 4) is 0 Å². The van der Waals surface area contributed by atoms with Crippen molar-refractivity contribution in [3.63, 3.8) is 0 Å². The highest BCUT2D eigenvalue weighted by Gasteiger charge is 2.29. The number of amides is 1. The molecule has 1 aromatic heterocycles. The highest BCUT2D eigenvalue weighted by molar-refractivity contribution is 5.91. The summed E-state index contributed by atoms with van der Waals surface area (Å²) in [7, 11) is 0. The molecule has 0 bridgehead atoms. The highest BCUT2D eigenvalue weighted by atomic mass is 16.5. The Morgan fingerprint density at radius 1 is 1.53 bits per heavy atom. The van der Waals surface area contributed by atoms with Crippen molar-refractivity contribution in [2.24, 2.45) is 0 Å². The van der Waals surface area contributed by atoms with Gasteiger partial charge in [0.15, 0.2) is 0 Å². The molecule has 1 amide bonds. The zero-order chi connectivity index (χ0) is 13.8. The van der Waals surface area contributed by atoms with Gasteiger partial charge in [-0.05, 0) is 32.6 Å². The van der Waals surface area contributed by atoms with Gasteiger partial charge in [-0.1, -0.05) is 5.16 Å². The molecule has 1 saturated heterocycles. The Morgan fingerprint density at radius 2 is 2.32 bits per heavy atom. The summed E-state index contributed by atoms with van der Waals surface area (Å²) in [6.07, 6.45) is 3.41. The number of aryl methyl sites for hydroxylation is 1. The number of carboxylic acids is 1. The minimum Gasteiger partial charge on any atom is -0.481 e. The van der Waals surface area contributed by atoms with Gasteiger partial charge in [-0.3, -0.25) is 9.59 Å². The second-order valence-electron chi connectivity index (χ2n) is 4.91. The first-order valence-electron chi connectivity index (χ1n) is 6.54. The summed E-state index contributed by atoms with van der Waals surface area (Å²) in [6.45, 7) is 2.42. The molecular weight excluding hydrogens is 248 g/mol. The molecule has 1 atom stereocenters. The Labute approximate surface area is 111 Å². The van der Waals surface area contributed by atoms with Gasteiger partial charge in [0.25, 0.3) is 5.91 Å². The van der Waals surface area contributed by atoms with E-state index in [0.717, 1.165) is 19.3 Å². The first-order valence-corrected chi connectivity index (χ1v) is 6.54. The summed E-state index contributed by atoms with van der Waals surface area (Å²) in [5, 5.41) is 12.5. The molecular formula is C13H18N2O4. The average Bonchev–Trinajstić information content (AvgIpc) is 2.82. The van der Waals surface area contributed by atoms with Gasteiger partial charge in [-0.25, -0.2) is 0 Å². The fourth-order valence-corrected chi connectivity index (χ4v) is 2.46. The zero-order valence-corrected chi connectivity index (χ0v) is 11.0. The number of rotatable bonds is 4. The van der Waals surface area contributed by atoms with E-state index in [1.165, 1.54) is 0 Å². The third-order valence-electron chi connectivity index (χ3n) is 3.42. The molecule has 6 nitrogen and oxygen atoms in total. The Kier molecular flexibility index (Phi) is 4.19. The smallest absolute Gasteiger partial charge is 0.303 e. The number of carboxylic acid groups (broad SMARTS) is 1. The lowest BCUT2D eigenvalue weighted by Gasteiger charge is -2.34. The van der Waals surface area contributed by atoms with E-state index < -0.39 is 5.97 Å². The first-order chi connectivity index (χ1) is 9.08. The van der Waals surface area contributed by atoms with Crippen LogP contribution in [-0.2, 0) is 4.79 Å². The number of likely N-dealkylation sites (tertiary alicyclic amines) is 1. The minimum absolute atomic E-state index is 0.0113. The van der Waals surface area contributed by atoms with Gasteiger partial charge in [0.2, 0.25) is 5.76 Å². The van der Waals surface area contributed by atoms with E-state index >= 15 is 0 Å². The number of aromatic nitrogens is 1. The van der Waals surface area contributed by atoms with Crippen molar-refractivity contribution in [2.75, 3.05) is 6.54 Å². The quantitative estimate of drug-likeness (QED) is 0.899. The van der Waals surface area contributed by atoms with Crippen LogP contribution in [0.15, 0.2) is 10.6 Å². The Morgan fingerprint density at radius 3 is 2.95 bits per heavy atom. The summed E-state index contributed by atoms with van der Waals surface area (Å²) in [6, 6.07) is 1.60. The molecule has 2 rings (SSSR count). The van der Waals surface area contributed by atoms with E-state index in [-0.39, 0.29) is 24.1 Å². The van der Waals surface area contributed by atoms with Crippen LogP contribution in [0.25, 0.3) is 0 Å². The van der Waals surface area contributed by atoms with E-state index in [0.29, 0.717) is 18.7 Å². The van der Waals surface area contributed by atoms with Crippen LogP contribution in [-0.4, -0.2) is 39.6 Å². The summed E-state index contributed by atoms with van der Waals surface area (Å²) < 4.78 is 5.00. The van der Waals surface area contributed by atoms with Gasteiger partial charge in [0.05, 0.1) is 5.69 Å². The maximum atomic E-state index is 12.3. The number of carbonyl (C=O) groups is 2. The van der Waals surface area contributed by atoms with Crippen LogP contribution in [0, 0.1) is 6.92 Å². The van der Waals surface area contributed by atoms with Gasteiger partial charge in [0.1, 0.15) is 0 Å². The second kappa shape index (κ2) is 5.86. The number of hydrogen-bond donors (Lipinski definition) is 1. The molecule has 19 heavy (non-hydrogen) atoms. The summed E-state index contributed by atoms with van der Waals surface area (Å²) >= 11 is 0. The minimum atomic E-state index is -0.825. The molecule has 2 heterocycles. The van der Waals surface area contributed by atoms with Crippen LogP contribution in [0.3, 0.4) is 0 Å². The molecule has 6 heteroatoms. The van der Waals surface area contributed by atoms with Gasteiger partial charge in [-0.2, -0.15) is 0 Å². The molecule has 1 fully saturated rings. The number of carbonyl (C=O) groups excluding carboxylic acids is 1. The molecule has 1 N–H and O–H groups in total. The lowest BCUT2D eigenvalue weighted by Crippen LogP contribution is -2.43. The molecule has 0 aromatic carbocycles. The van der Waals surface area contributed by atoms with Crippen LogP contribution in [0.2, 0.25) is 0 Å². The first kappa shape index (κ1) is 13.6. The molecule has 0 spiro atoms. The van der Waals surface area contributed by atoms with Crippen molar-refractivity contribution >= 4 is 11.9 Å². The van der Waals surface area contributed by atoms with E-state index in [2.05, 4.69) is 5.16 Å². The molecule has 0 aliphatic carbocycles. The maximum absolute atomic E-state index is 12.3. The van der Waals surface area contributed by atoms with Crippen LogP contribution in [0.1, 0.15) is 48.4 Å². The SMILES string of the molecule is Cc1cc(C(=O)N2CCCC[C@H]2CCC(=O)O)on1. The van der Waals surface area contributed by atoms with Crippen LogP contribution >= 0.6 is 0 Å². The Bertz CT molecular complexity index is 469. The fraction of sp³-hybridized carbons (Fsp3) is 0.615. The normalized spacial score (nSPS) is 19.4. The van der Waals surface area contributed by atoms with Crippen LogP contribution in [0.4, 0.5) is 0 Å². The molecule has 0 radical (unpaired) electrons. The largest absolute Gasteiger partial charge is 0.481 e. The van der Waals surface area contributed by atoms with Crippen molar-refractivity contribution in [1.82, 2.24) is 10.1 Å². The fourth-order valence-electron chi connectivity index (χ4n) is 2.46. The van der Waals surface area contributed by atoms with Crippen LogP contribution < -0.4 is 0 Å². The van der Waals surface area contributed by atoms with Gasteiger partial charge in [0, 0.05) is 25.1 Å². The predicted octanol–water partition coefficient (Wildman–Crippen LogP) is 1.84. The standard InChI is InChI=1S/C13H18N2O4/c1-9-8-11(19-14-9)13(18)15-7-3-2-4-10(15)5-6-12(16)17/h8,10H,2-7H2,1H3,(H,16,17)/t10-/m0/s1. The number of piperidine rings is 1. The molecule has 104 valence electrons. The third kappa shape index (κ3) is 3.33. The van der Waals surface area contributed by atoms with E-state index in [1.807, 2.05) is 0 Å². The molecule has 1 aromatic rings. The maximum Gasteiger partial charge on any atom is 0.303 e. The van der Waals surface area contributed by atoms with Crippen molar-refractivity contribution in [1.29, 1.82) is 0 Å². The zero-order valence-electron chi connectivity index (χ0n) is 11.0. The Balaban J connectivity index is 2.06. The highest BCUT2D eigenvalue weighted by Crippen LogP contribution is 2.23. The van der Waals surface area contributed by atoms with Crippen molar-refractivity contribution in [3.05, 3.63) is 17.5 Å². The van der Waals surface area contributed by atoms with E-state index in [4.69, 9.17) is 9.63 Å². The summed E-state index contributed by atoms with van der Waals surface area (Å²) in [5.41, 5.74) is 0.669. The van der Waals surface area contributed by atoms with Gasteiger partial charge < -0.3 is 14.5 Å². The lowest BCUT2D eigenvalue weighted by molar-refractivity contribution is -0.137. The number of aliphatic carboxylic acids is 1. The van der Waals surface area contributed by atoms with Crippen molar-refractivity contribution < 1.29 is 19.2 Å².